The molecule has 0 unspecified atom stereocenters. The van der Waals surface area contributed by atoms with Gasteiger partial charge in [-0.1, -0.05) is 32.6 Å². The second-order valence-electron chi connectivity index (χ2n) is 3.66. The van der Waals surface area contributed by atoms with Crippen LogP contribution in [0.1, 0.15) is 46.0 Å². The highest BCUT2D eigenvalue weighted by molar-refractivity contribution is 4.61. The average molecular weight is 193 g/mol. The average Bonchev–Trinajstić information content (AvgIpc) is 2.01. The first-order valence-electron chi connectivity index (χ1n) is 5.15. The van der Waals surface area contributed by atoms with Gasteiger partial charge >= 0.3 is 0 Å². The van der Waals surface area contributed by atoms with Gasteiger partial charge in [0, 0.05) is 6.92 Å². The predicted octanol–water partition coefficient (Wildman–Crippen LogP) is 3.20. The monoisotopic (exact) mass is 193 g/mol. The fourth-order valence-electron chi connectivity index (χ4n) is 1.16. The van der Waals surface area contributed by atoms with Crippen LogP contribution in [0.5, 0.6) is 0 Å². The van der Waals surface area contributed by atoms with E-state index in [0.717, 1.165) is 19.8 Å². The third-order valence-electron chi connectivity index (χ3n) is 1.89. The lowest BCUT2D eigenvalue weighted by Crippen LogP contribution is -2.30. The molecule has 0 saturated heterocycles. The molecular formula is C10H21F2N. The maximum absolute atomic E-state index is 12.3. The van der Waals surface area contributed by atoms with Crippen LogP contribution in [0.4, 0.5) is 8.78 Å². The van der Waals surface area contributed by atoms with Gasteiger partial charge in [0.1, 0.15) is 0 Å². The molecule has 0 aromatic rings. The Morgan fingerprint density at radius 3 is 2.23 bits per heavy atom. The van der Waals surface area contributed by atoms with Gasteiger partial charge in [-0.3, -0.25) is 0 Å². The maximum Gasteiger partial charge on any atom is 0.257 e. The van der Waals surface area contributed by atoms with Crippen LogP contribution in [0.25, 0.3) is 0 Å². The number of halogens is 2. The summed E-state index contributed by atoms with van der Waals surface area (Å²) >= 11 is 0. The Morgan fingerprint density at radius 1 is 1.08 bits per heavy atom. The summed E-state index contributed by atoms with van der Waals surface area (Å²) in [6.07, 6.45) is 5.86. The van der Waals surface area contributed by atoms with Gasteiger partial charge in [0.2, 0.25) is 0 Å². The Kier molecular flexibility index (Phi) is 7.14. The van der Waals surface area contributed by atoms with Gasteiger partial charge in [-0.2, -0.15) is 0 Å². The molecule has 0 fully saturated rings. The lowest BCUT2D eigenvalue weighted by molar-refractivity contribution is 0.0228. The van der Waals surface area contributed by atoms with Crippen molar-refractivity contribution in [3.05, 3.63) is 0 Å². The number of nitrogens with one attached hydrogen (secondary N) is 1. The van der Waals surface area contributed by atoms with Crippen LogP contribution >= 0.6 is 0 Å². The molecule has 0 spiro atoms. The predicted molar refractivity (Wildman–Crippen MR) is 52.2 cm³/mol. The Labute approximate surface area is 79.9 Å². The molecule has 0 aromatic heterocycles. The van der Waals surface area contributed by atoms with Gasteiger partial charge in [0.15, 0.2) is 0 Å². The molecule has 80 valence electrons. The SMILES string of the molecule is CCCCCCCNCC(C)(F)F. The minimum atomic E-state index is -2.57. The van der Waals surface area contributed by atoms with E-state index in [-0.39, 0.29) is 6.54 Å². The van der Waals surface area contributed by atoms with Crippen molar-refractivity contribution >= 4 is 0 Å². The van der Waals surface area contributed by atoms with E-state index in [1.54, 1.807) is 0 Å². The van der Waals surface area contributed by atoms with E-state index in [9.17, 15) is 8.78 Å². The van der Waals surface area contributed by atoms with E-state index in [1.807, 2.05) is 0 Å². The van der Waals surface area contributed by atoms with E-state index < -0.39 is 5.92 Å². The van der Waals surface area contributed by atoms with Crippen molar-refractivity contribution in [2.75, 3.05) is 13.1 Å². The molecule has 0 aliphatic heterocycles. The number of unbranched alkanes of at least 4 members (excludes halogenated alkanes) is 4. The first-order chi connectivity index (χ1) is 6.06. The molecule has 1 N–H and O–H groups in total. The smallest absolute Gasteiger partial charge is 0.257 e. The van der Waals surface area contributed by atoms with Crippen LogP contribution < -0.4 is 5.32 Å². The molecule has 0 atom stereocenters. The molecule has 3 heteroatoms. The van der Waals surface area contributed by atoms with E-state index in [2.05, 4.69) is 12.2 Å². The third-order valence-corrected chi connectivity index (χ3v) is 1.89. The van der Waals surface area contributed by atoms with E-state index >= 15 is 0 Å². The van der Waals surface area contributed by atoms with E-state index in [4.69, 9.17) is 0 Å². The highest BCUT2D eigenvalue weighted by Gasteiger charge is 2.19. The normalized spacial score (nSPS) is 12.0. The van der Waals surface area contributed by atoms with Crippen molar-refractivity contribution in [1.82, 2.24) is 5.32 Å². The van der Waals surface area contributed by atoms with Gasteiger partial charge in [-0.25, -0.2) is 8.78 Å². The molecule has 0 amide bonds. The van der Waals surface area contributed by atoms with E-state index in [1.165, 1.54) is 19.3 Å². The summed E-state index contributed by atoms with van der Waals surface area (Å²) in [7, 11) is 0. The number of alkyl halides is 2. The van der Waals surface area contributed by atoms with E-state index in [0.29, 0.717) is 6.54 Å². The zero-order valence-corrected chi connectivity index (χ0v) is 8.71. The Bertz CT molecular complexity index is 110. The zero-order valence-electron chi connectivity index (χ0n) is 8.71. The van der Waals surface area contributed by atoms with Crippen molar-refractivity contribution < 1.29 is 8.78 Å². The molecule has 0 saturated carbocycles. The van der Waals surface area contributed by atoms with Crippen molar-refractivity contribution in [2.24, 2.45) is 0 Å². The summed E-state index contributed by atoms with van der Waals surface area (Å²) in [4.78, 5) is 0. The number of rotatable bonds is 8. The second-order valence-corrected chi connectivity index (χ2v) is 3.66. The summed E-state index contributed by atoms with van der Waals surface area (Å²) in [5.74, 6) is -2.57. The standard InChI is InChI=1S/C10H21F2N/c1-3-4-5-6-7-8-13-9-10(2,11)12/h13H,3-9H2,1-2H3. The zero-order chi connectivity index (χ0) is 10.2. The molecule has 0 aromatic carbocycles. The van der Waals surface area contributed by atoms with Crippen LogP contribution in [-0.2, 0) is 0 Å². The molecule has 0 radical (unpaired) electrons. The first kappa shape index (κ1) is 12.8. The maximum atomic E-state index is 12.3. The molecule has 0 bridgehead atoms. The minimum absolute atomic E-state index is 0.194. The highest BCUT2D eigenvalue weighted by Crippen LogP contribution is 2.08. The van der Waals surface area contributed by atoms with Crippen molar-refractivity contribution in [2.45, 2.75) is 51.9 Å². The summed E-state index contributed by atoms with van der Waals surface area (Å²) in [6, 6.07) is 0. The third kappa shape index (κ3) is 11.8. The van der Waals surface area contributed by atoms with Crippen molar-refractivity contribution in [3.63, 3.8) is 0 Å². The summed E-state index contributed by atoms with van der Waals surface area (Å²) < 4.78 is 24.6. The van der Waals surface area contributed by atoms with Gasteiger partial charge in [0.25, 0.3) is 5.92 Å². The van der Waals surface area contributed by atoms with Gasteiger partial charge in [-0.05, 0) is 13.0 Å². The topological polar surface area (TPSA) is 12.0 Å². The second kappa shape index (κ2) is 7.25. The molecular weight excluding hydrogens is 172 g/mol. The van der Waals surface area contributed by atoms with Crippen molar-refractivity contribution in [3.8, 4) is 0 Å². The lowest BCUT2D eigenvalue weighted by atomic mass is 10.1. The minimum Gasteiger partial charge on any atom is -0.311 e. The van der Waals surface area contributed by atoms with Crippen molar-refractivity contribution in [1.29, 1.82) is 0 Å². The van der Waals surface area contributed by atoms with Crippen LogP contribution in [0, 0.1) is 0 Å². The summed E-state index contributed by atoms with van der Waals surface area (Å²) in [6.45, 7) is 3.63. The molecule has 1 nitrogen and oxygen atoms in total. The largest absolute Gasteiger partial charge is 0.311 e. The Balaban J connectivity index is 3.00. The lowest BCUT2D eigenvalue weighted by Gasteiger charge is -2.10. The van der Waals surface area contributed by atoms with Crippen LogP contribution in [0.15, 0.2) is 0 Å². The fourth-order valence-corrected chi connectivity index (χ4v) is 1.16. The number of hydrogen-bond donors (Lipinski definition) is 1. The molecule has 0 rings (SSSR count). The summed E-state index contributed by atoms with van der Waals surface area (Å²) in [5.41, 5.74) is 0. The Morgan fingerprint density at radius 2 is 1.69 bits per heavy atom. The first-order valence-corrected chi connectivity index (χ1v) is 5.15. The summed E-state index contributed by atoms with van der Waals surface area (Å²) in [5, 5.41) is 2.75. The number of hydrogen-bond acceptors (Lipinski definition) is 1. The van der Waals surface area contributed by atoms with Crippen LogP contribution in [0.3, 0.4) is 0 Å². The highest BCUT2D eigenvalue weighted by atomic mass is 19.3. The van der Waals surface area contributed by atoms with Crippen LogP contribution in [-0.4, -0.2) is 19.0 Å². The molecule has 13 heavy (non-hydrogen) atoms. The Hall–Kier alpha value is -0.180. The molecule has 0 aliphatic carbocycles. The van der Waals surface area contributed by atoms with Gasteiger partial charge in [0.05, 0.1) is 6.54 Å². The van der Waals surface area contributed by atoms with Gasteiger partial charge in [-0.15, -0.1) is 0 Å². The van der Waals surface area contributed by atoms with Gasteiger partial charge < -0.3 is 5.32 Å². The molecule has 0 heterocycles. The quantitative estimate of drug-likeness (QED) is 0.584. The van der Waals surface area contributed by atoms with Crippen LogP contribution in [0.2, 0.25) is 0 Å². The molecule has 0 aliphatic rings. The fraction of sp³-hybridized carbons (Fsp3) is 1.00.